The van der Waals surface area contributed by atoms with Crippen LogP contribution in [0.1, 0.15) is 25.0 Å². The van der Waals surface area contributed by atoms with Gasteiger partial charge in [0.2, 0.25) is 0 Å². The molecule has 7 heteroatoms. The molecule has 3 N–H and O–H groups in total. The Labute approximate surface area is 154 Å². The molecule has 0 fully saturated rings. The summed E-state index contributed by atoms with van der Waals surface area (Å²) in [5, 5.41) is 23.1. The number of hydrogen-bond donors (Lipinski definition) is 3. The topological polar surface area (TPSA) is 91.2 Å². The van der Waals surface area contributed by atoms with Gasteiger partial charge in [-0.15, -0.1) is 0 Å². The van der Waals surface area contributed by atoms with Gasteiger partial charge in [0, 0.05) is 5.56 Å². The fraction of sp³-hybridized carbons (Fsp3) is 0.222. The number of ether oxygens (including phenoxy) is 1. The fourth-order valence-corrected chi connectivity index (χ4v) is 2.62. The van der Waals surface area contributed by atoms with E-state index in [1.54, 1.807) is 13.0 Å². The minimum atomic E-state index is -0.439. The molecule has 0 unspecified atom stereocenters. The summed E-state index contributed by atoms with van der Waals surface area (Å²) in [5.41, 5.74) is 4.21. The molecule has 6 nitrogen and oxygen atoms in total. The molecule has 2 rings (SSSR count). The highest BCUT2D eigenvalue weighted by atomic mass is 79.9. The first kappa shape index (κ1) is 18.8. The standard InChI is InChI=1S/C18H19BrN2O4/c1-3-12-4-7-17(15(19)8-12)25-10-18(24)21-20-11(2)14-9-13(22)5-6-16(14)23/h4-9,22-23H,3,10H2,1-2H3,(H,21,24)/b20-11-. The highest BCUT2D eigenvalue weighted by molar-refractivity contribution is 9.10. The molecule has 2 aromatic rings. The van der Waals surface area contributed by atoms with E-state index >= 15 is 0 Å². The maximum Gasteiger partial charge on any atom is 0.277 e. The van der Waals surface area contributed by atoms with Crippen LogP contribution in [0.3, 0.4) is 0 Å². The molecule has 0 aromatic heterocycles. The lowest BCUT2D eigenvalue weighted by atomic mass is 10.1. The minimum absolute atomic E-state index is 0.00242. The van der Waals surface area contributed by atoms with E-state index in [9.17, 15) is 15.0 Å². The van der Waals surface area contributed by atoms with Crippen LogP contribution in [0.15, 0.2) is 46.0 Å². The van der Waals surface area contributed by atoms with Crippen LogP contribution in [0.25, 0.3) is 0 Å². The van der Waals surface area contributed by atoms with Gasteiger partial charge in [0.25, 0.3) is 5.91 Å². The van der Waals surface area contributed by atoms with Crippen molar-refractivity contribution in [1.82, 2.24) is 5.43 Å². The number of amides is 1. The lowest BCUT2D eigenvalue weighted by Gasteiger charge is -2.09. The number of aryl methyl sites for hydroxylation is 1. The van der Waals surface area contributed by atoms with Gasteiger partial charge < -0.3 is 14.9 Å². The summed E-state index contributed by atoms with van der Waals surface area (Å²) in [4.78, 5) is 11.9. The number of carbonyl (C=O) groups excluding carboxylic acids is 1. The third-order valence-electron chi connectivity index (χ3n) is 3.48. The van der Waals surface area contributed by atoms with Crippen molar-refractivity contribution in [3.63, 3.8) is 0 Å². The molecule has 0 aliphatic rings. The Morgan fingerprint density at radius 2 is 2.00 bits per heavy atom. The van der Waals surface area contributed by atoms with Crippen molar-refractivity contribution in [1.29, 1.82) is 0 Å². The zero-order chi connectivity index (χ0) is 18.4. The molecule has 0 bridgehead atoms. The molecule has 1 amide bonds. The van der Waals surface area contributed by atoms with Crippen molar-refractivity contribution in [2.45, 2.75) is 20.3 Å². The van der Waals surface area contributed by atoms with Crippen molar-refractivity contribution < 1.29 is 19.7 Å². The van der Waals surface area contributed by atoms with Crippen molar-refractivity contribution in [2.24, 2.45) is 5.10 Å². The number of halogens is 1. The number of phenolic OH excluding ortho intramolecular Hbond substituents is 2. The van der Waals surface area contributed by atoms with Gasteiger partial charge in [0.05, 0.1) is 10.2 Å². The van der Waals surface area contributed by atoms with Gasteiger partial charge in [-0.25, -0.2) is 5.43 Å². The molecule has 0 atom stereocenters. The number of hydrazone groups is 1. The highest BCUT2D eigenvalue weighted by Crippen LogP contribution is 2.26. The highest BCUT2D eigenvalue weighted by Gasteiger charge is 2.08. The lowest BCUT2D eigenvalue weighted by molar-refractivity contribution is -0.123. The Bertz CT molecular complexity index is 806. The smallest absolute Gasteiger partial charge is 0.277 e. The van der Waals surface area contributed by atoms with Gasteiger partial charge in [-0.1, -0.05) is 13.0 Å². The fourth-order valence-electron chi connectivity index (χ4n) is 2.08. The van der Waals surface area contributed by atoms with Crippen LogP contribution in [0.4, 0.5) is 0 Å². The molecule has 0 radical (unpaired) electrons. The van der Waals surface area contributed by atoms with Crippen LogP contribution < -0.4 is 10.2 Å². The average molecular weight is 407 g/mol. The summed E-state index contributed by atoms with van der Waals surface area (Å²) in [6.45, 7) is 3.46. The molecule has 0 saturated heterocycles. The maximum atomic E-state index is 11.9. The molecule has 132 valence electrons. The van der Waals surface area contributed by atoms with Crippen molar-refractivity contribution in [2.75, 3.05) is 6.61 Å². The summed E-state index contributed by atoms with van der Waals surface area (Å²) in [6.07, 6.45) is 0.912. The zero-order valence-corrected chi connectivity index (χ0v) is 15.5. The van der Waals surface area contributed by atoms with Gasteiger partial charge in [0.15, 0.2) is 6.61 Å². The number of nitrogens with zero attached hydrogens (tertiary/aromatic N) is 1. The number of hydrogen-bond acceptors (Lipinski definition) is 5. The monoisotopic (exact) mass is 406 g/mol. The zero-order valence-electron chi connectivity index (χ0n) is 13.9. The van der Waals surface area contributed by atoms with Gasteiger partial charge in [-0.3, -0.25) is 4.79 Å². The Hall–Kier alpha value is -2.54. The van der Waals surface area contributed by atoms with Crippen LogP contribution in [-0.4, -0.2) is 28.4 Å². The first-order chi connectivity index (χ1) is 11.9. The molecular formula is C18H19BrN2O4. The van der Waals surface area contributed by atoms with Gasteiger partial charge in [-0.05, 0) is 65.2 Å². The largest absolute Gasteiger partial charge is 0.508 e. The van der Waals surface area contributed by atoms with Crippen molar-refractivity contribution in [3.8, 4) is 17.2 Å². The predicted molar refractivity (Wildman–Crippen MR) is 99.1 cm³/mol. The Balaban J connectivity index is 1.95. The summed E-state index contributed by atoms with van der Waals surface area (Å²) >= 11 is 3.41. The molecule has 0 aliphatic heterocycles. The Morgan fingerprint density at radius 3 is 2.68 bits per heavy atom. The quantitative estimate of drug-likeness (QED) is 0.389. The van der Waals surface area contributed by atoms with E-state index in [0.29, 0.717) is 17.0 Å². The summed E-state index contributed by atoms with van der Waals surface area (Å²) in [6, 6.07) is 9.76. The second-order valence-electron chi connectivity index (χ2n) is 5.34. The Kier molecular flexibility index (Phi) is 6.41. The van der Waals surface area contributed by atoms with E-state index < -0.39 is 5.91 Å². The van der Waals surface area contributed by atoms with Crippen LogP contribution in [0.5, 0.6) is 17.2 Å². The van der Waals surface area contributed by atoms with Crippen molar-refractivity contribution >= 4 is 27.5 Å². The first-order valence-electron chi connectivity index (χ1n) is 7.67. The second-order valence-corrected chi connectivity index (χ2v) is 6.19. The van der Waals surface area contributed by atoms with Crippen LogP contribution in [0.2, 0.25) is 0 Å². The summed E-state index contributed by atoms with van der Waals surface area (Å²) < 4.78 is 6.24. The molecular weight excluding hydrogens is 388 g/mol. The first-order valence-corrected chi connectivity index (χ1v) is 8.46. The number of rotatable bonds is 6. The molecule has 0 saturated carbocycles. The van der Waals surface area contributed by atoms with Crippen molar-refractivity contribution in [3.05, 3.63) is 52.0 Å². The van der Waals surface area contributed by atoms with E-state index in [-0.39, 0.29) is 18.1 Å². The van der Waals surface area contributed by atoms with E-state index in [1.165, 1.54) is 18.2 Å². The van der Waals surface area contributed by atoms with Gasteiger partial charge in [0.1, 0.15) is 17.2 Å². The van der Waals surface area contributed by atoms with Crippen LogP contribution in [0, 0.1) is 0 Å². The van der Waals surface area contributed by atoms with E-state index in [4.69, 9.17) is 4.74 Å². The summed E-state index contributed by atoms with van der Waals surface area (Å²) in [5.74, 6) is 0.0889. The second kappa shape index (κ2) is 8.53. The summed E-state index contributed by atoms with van der Waals surface area (Å²) in [7, 11) is 0. The number of aromatic hydroxyl groups is 2. The maximum absolute atomic E-state index is 11.9. The van der Waals surface area contributed by atoms with Crippen LogP contribution >= 0.6 is 15.9 Å². The lowest BCUT2D eigenvalue weighted by Crippen LogP contribution is -2.25. The molecule has 0 spiro atoms. The average Bonchev–Trinajstić information content (AvgIpc) is 2.60. The minimum Gasteiger partial charge on any atom is -0.508 e. The number of carbonyl (C=O) groups is 1. The molecule has 0 heterocycles. The third kappa shape index (κ3) is 5.22. The Morgan fingerprint density at radius 1 is 1.24 bits per heavy atom. The van der Waals surface area contributed by atoms with E-state index in [1.807, 2.05) is 12.1 Å². The molecule has 25 heavy (non-hydrogen) atoms. The third-order valence-corrected chi connectivity index (χ3v) is 4.10. The number of phenols is 2. The number of benzene rings is 2. The SMILES string of the molecule is CCc1ccc(OCC(=O)N/N=C(/C)c2cc(O)ccc2O)c(Br)c1. The normalized spacial score (nSPS) is 11.2. The number of nitrogens with one attached hydrogen (secondary N) is 1. The predicted octanol–water partition coefficient (Wildman–Crippen LogP) is 3.34. The van der Waals surface area contributed by atoms with Gasteiger partial charge >= 0.3 is 0 Å². The van der Waals surface area contributed by atoms with E-state index in [2.05, 4.69) is 33.4 Å². The van der Waals surface area contributed by atoms with Gasteiger partial charge in [-0.2, -0.15) is 5.10 Å². The molecule has 2 aromatic carbocycles. The van der Waals surface area contributed by atoms with E-state index in [0.717, 1.165) is 16.5 Å². The van der Waals surface area contributed by atoms with Crippen LogP contribution in [-0.2, 0) is 11.2 Å². The molecule has 0 aliphatic carbocycles.